The molecule has 5 nitrogen and oxygen atoms in total. The van der Waals surface area contributed by atoms with Crippen LogP contribution in [0.5, 0.6) is 0 Å². The Bertz CT molecular complexity index is 782. The molecule has 0 atom stereocenters. The Morgan fingerprint density at radius 2 is 2.10 bits per heavy atom. The monoisotopic (exact) mass is 295 g/mol. The van der Waals surface area contributed by atoms with E-state index < -0.39 is 0 Å². The smallest absolute Gasteiger partial charge is 0.212 e. The second-order valence-electron chi connectivity index (χ2n) is 4.54. The first-order valence-corrected chi connectivity index (χ1v) is 7.57. The van der Waals surface area contributed by atoms with E-state index in [4.69, 9.17) is 5.26 Å². The van der Waals surface area contributed by atoms with Crippen LogP contribution in [0, 0.1) is 11.3 Å². The van der Waals surface area contributed by atoms with Crippen LogP contribution in [-0.4, -0.2) is 20.0 Å². The Labute approximate surface area is 126 Å². The minimum absolute atomic E-state index is 0.383. The molecule has 0 spiro atoms. The summed E-state index contributed by atoms with van der Waals surface area (Å²) < 4.78 is 1.68. The molecule has 1 aromatic carbocycles. The average molecular weight is 295 g/mol. The number of thiazole rings is 1. The highest BCUT2D eigenvalue weighted by Gasteiger charge is 2.16. The van der Waals surface area contributed by atoms with E-state index in [2.05, 4.69) is 28.3 Å². The maximum absolute atomic E-state index is 9.11. The van der Waals surface area contributed by atoms with Crippen molar-refractivity contribution in [1.29, 1.82) is 5.26 Å². The van der Waals surface area contributed by atoms with Gasteiger partial charge in [-0.3, -0.25) is 0 Å². The molecule has 0 bridgehead atoms. The van der Waals surface area contributed by atoms with Crippen molar-refractivity contribution in [3.05, 3.63) is 47.1 Å². The third-order valence-corrected chi connectivity index (χ3v) is 3.91. The summed E-state index contributed by atoms with van der Waals surface area (Å²) in [6.07, 6.45) is 1.69. The Kier molecular flexibility index (Phi) is 3.75. The minimum Gasteiger partial charge on any atom is -0.218 e. The van der Waals surface area contributed by atoms with E-state index in [1.807, 2.05) is 35.7 Å². The van der Waals surface area contributed by atoms with Gasteiger partial charge in [0.25, 0.3) is 0 Å². The van der Waals surface area contributed by atoms with Gasteiger partial charge in [0.15, 0.2) is 5.69 Å². The molecule has 6 heteroatoms. The first kappa shape index (κ1) is 13.5. The van der Waals surface area contributed by atoms with Gasteiger partial charge in [-0.05, 0) is 6.42 Å². The van der Waals surface area contributed by atoms with E-state index in [1.165, 1.54) is 11.3 Å². The van der Waals surface area contributed by atoms with Crippen LogP contribution in [0.25, 0.3) is 16.4 Å². The van der Waals surface area contributed by atoms with Gasteiger partial charge in [-0.15, -0.1) is 16.4 Å². The van der Waals surface area contributed by atoms with E-state index in [0.29, 0.717) is 5.69 Å². The van der Waals surface area contributed by atoms with Crippen LogP contribution in [0.1, 0.15) is 24.7 Å². The van der Waals surface area contributed by atoms with Crippen molar-refractivity contribution in [2.24, 2.45) is 0 Å². The fourth-order valence-corrected chi connectivity index (χ4v) is 2.91. The lowest BCUT2D eigenvalue weighted by Gasteiger charge is -2.01. The number of hydrogen-bond donors (Lipinski definition) is 0. The standard InChI is InChI=1S/C15H13N5S/c1-2-6-14-12(9-16)18-19-20(14)15-17-13(10-21-15)11-7-4-3-5-8-11/h3-5,7-8,10H,2,6H2,1H3. The summed E-state index contributed by atoms with van der Waals surface area (Å²) in [6, 6.07) is 12.1. The normalized spacial score (nSPS) is 10.5. The lowest BCUT2D eigenvalue weighted by atomic mass is 10.2. The molecule has 0 amide bonds. The van der Waals surface area contributed by atoms with Crippen LogP contribution < -0.4 is 0 Å². The number of hydrogen-bond acceptors (Lipinski definition) is 5. The van der Waals surface area contributed by atoms with Gasteiger partial charge in [-0.2, -0.15) is 9.94 Å². The summed E-state index contributed by atoms with van der Waals surface area (Å²) in [5.74, 6) is 0. The Morgan fingerprint density at radius 3 is 2.81 bits per heavy atom. The van der Waals surface area contributed by atoms with Crippen molar-refractivity contribution in [2.75, 3.05) is 0 Å². The Balaban J connectivity index is 2.01. The molecule has 104 valence electrons. The first-order chi connectivity index (χ1) is 10.3. The van der Waals surface area contributed by atoms with Gasteiger partial charge in [0.2, 0.25) is 5.13 Å². The van der Waals surface area contributed by atoms with Crippen LogP contribution in [-0.2, 0) is 6.42 Å². The molecule has 0 aliphatic rings. The van der Waals surface area contributed by atoms with Crippen molar-refractivity contribution >= 4 is 11.3 Å². The molecule has 0 fully saturated rings. The summed E-state index contributed by atoms with van der Waals surface area (Å²) in [6.45, 7) is 2.07. The third-order valence-electron chi connectivity index (χ3n) is 3.10. The second kappa shape index (κ2) is 5.85. The lowest BCUT2D eigenvalue weighted by Crippen LogP contribution is -2.02. The van der Waals surface area contributed by atoms with Gasteiger partial charge in [0.05, 0.1) is 11.4 Å². The largest absolute Gasteiger partial charge is 0.218 e. The number of nitrogens with zero attached hydrogens (tertiary/aromatic N) is 5. The zero-order valence-corrected chi connectivity index (χ0v) is 12.3. The highest BCUT2D eigenvalue weighted by molar-refractivity contribution is 7.12. The van der Waals surface area contributed by atoms with Gasteiger partial charge in [-0.1, -0.05) is 48.9 Å². The van der Waals surface area contributed by atoms with Crippen LogP contribution >= 0.6 is 11.3 Å². The quantitative estimate of drug-likeness (QED) is 0.741. The molecule has 0 saturated heterocycles. The van der Waals surface area contributed by atoms with Gasteiger partial charge >= 0.3 is 0 Å². The summed E-state index contributed by atoms with van der Waals surface area (Å²) in [5.41, 5.74) is 3.19. The van der Waals surface area contributed by atoms with Crippen molar-refractivity contribution in [2.45, 2.75) is 19.8 Å². The molecule has 0 aliphatic heterocycles. The third kappa shape index (κ3) is 2.56. The van der Waals surface area contributed by atoms with Gasteiger partial charge in [0, 0.05) is 10.9 Å². The Hall–Kier alpha value is -2.52. The minimum atomic E-state index is 0.383. The zero-order chi connectivity index (χ0) is 14.7. The fourth-order valence-electron chi connectivity index (χ4n) is 2.11. The molecule has 2 heterocycles. The highest BCUT2D eigenvalue weighted by Crippen LogP contribution is 2.25. The molecule has 3 aromatic rings. The van der Waals surface area contributed by atoms with Gasteiger partial charge in [-0.25, -0.2) is 4.98 Å². The fraction of sp³-hybridized carbons (Fsp3) is 0.200. The molecule has 0 unspecified atom stereocenters. The predicted octanol–water partition coefficient (Wildman–Crippen LogP) is 3.21. The van der Waals surface area contributed by atoms with Gasteiger partial charge < -0.3 is 0 Å². The SMILES string of the molecule is CCCc1c(C#N)nnn1-c1nc(-c2ccccc2)cs1. The van der Waals surface area contributed by atoms with E-state index in [9.17, 15) is 0 Å². The first-order valence-electron chi connectivity index (χ1n) is 6.69. The number of rotatable bonds is 4. The molecule has 0 N–H and O–H groups in total. The summed E-state index contributed by atoms with van der Waals surface area (Å²) in [7, 11) is 0. The molecule has 0 saturated carbocycles. The summed E-state index contributed by atoms with van der Waals surface area (Å²) >= 11 is 1.50. The topological polar surface area (TPSA) is 67.4 Å². The number of nitriles is 1. The van der Waals surface area contributed by atoms with Crippen LogP contribution in [0.3, 0.4) is 0 Å². The molecule has 0 radical (unpaired) electrons. The maximum Gasteiger partial charge on any atom is 0.212 e. The molecular weight excluding hydrogens is 282 g/mol. The molecule has 0 aliphatic carbocycles. The van der Waals surface area contributed by atoms with Gasteiger partial charge in [0.1, 0.15) is 6.07 Å². The van der Waals surface area contributed by atoms with E-state index in [-0.39, 0.29) is 0 Å². The van der Waals surface area contributed by atoms with Crippen molar-refractivity contribution in [1.82, 2.24) is 20.0 Å². The lowest BCUT2D eigenvalue weighted by molar-refractivity contribution is 0.741. The van der Waals surface area contributed by atoms with Crippen LogP contribution in [0.4, 0.5) is 0 Å². The van der Waals surface area contributed by atoms with Crippen LogP contribution in [0.2, 0.25) is 0 Å². The van der Waals surface area contributed by atoms with E-state index in [1.54, 1.807) is 4.68 Å². The van der Waals surface area contributed by atoms with E-state index in [0.717, 1.165) is 34.9 Å². The predicted molar refractivity (Wildman–Crippen MR) is 81.2 cm³/mol. The highest BCUT2D eigenvalue weighted by atomic mass is 32.1. The van der Waals surface area contributed by atoms with Crippen molar-refractivity contribution in [3.63, 3.8) is 0 Å². The summed E-state index contributed by atoms with van der Waals surface area (Å²) in [4.78, 5) is 4.61. The molecular formula is C15H13N5S. The average Bonchev–Trinajstić information content (AvgIpc) is 3.15. The van der Waals surface area contributed by atoms with E-state index >= 15 is 0 Å². The second-order valence-corrected chi connectivity index (χ2v) is 5.38. The molecule has 21 heavy (non-hydrogen) atoms. The maximum atomic E-state index is 9.11. The summed E-state index contributed by atoms with van der Waals surface area (Å²) in [5, 5.41) is 19.8. The zero-order valence-electron chi connectivity index (χ0n) is 11.5. The number of aromatic nitrogens is 4. The molecule has 2 aromatic heterocycles. The number of benzene rings is 1. The Morgan fingerprint density at radius 1 is 1.29 bits per heavy atom. The van der Waals surface area contributed by atoms with Crippen LogP contribution in [0.15, 0.2) is 35.7 Å². The van der Waals surface area contributed by atoms with Crippen molar-refractivity contribution < 1.29 is 0 Å². The molecule has 3 rings (SSSR count). The van der Waals surface area contributed by atoms with Crippen molar-refractivity contribution in [3.8, 4) is 22.5 Å².